The molecular formula is C40H56N8O12S. The third kappa shape index (κ3) is 18.7. The summed E-state index contributed by atoms with van der Waals surface area (Å²) in [4.78, 5) is 116. The SMILES string of the molecule is CSCC[C@H](NC(=O)[C@H](CC(C)C)NC(=O)[C@H](CC(=O)O)NC(=O)[C@H](Cc1ccccc1)NC(=O)[C@@H](C)NC(=O)[C@@H](N)Cc1ccc(O)cc1)C(=O)N[C@@H](CC(=O)O)C(N)=O. The van der Waals surface area contributed by atoms with E-state index in [-0.39, 0.29) is 37.4 Å². The molecule has 2 aromatic rings. The molecule has 0 unspecified atom stereocenters. The second kappa shape index (κ2) is 25.4. The second-order valence-corrected chi connectivity index (χ2v) is 15.7. The van der Waals surface area contributed by atoms with E-state index in [0.29, 0.717) is 16.9 Å². The first kappa shape index (κ1) is 50.9. The molecule has 0 spiro atoms. The van der Waals surface area contributed by atoms with Crippen LogP contribution in [0, 0.1) is 5.92 Å². The third-order valence-electron chi connectivity index (χ3n) is 9.03. The largest absolute Gasteiger partial charge is 0.508 e. The van der Waals surface area contributed by atoms with E-state index in [4.69, 9.17) is 16.6 Å². The molecule has 0 aromatic heterocycles. The van der Waals surface area contributed by atoms with Crippen molar-refractivity contribution < 1.29 is 58.5 Å². The van der Waals surface area contributed by atoms with Gasteiger partial charge in [-0.1, -0.05) is 56.3 Å². The maximum Gasteiger partial charge on any atom is 0.305 e. The summed E-state index contributed by atoms with van der Waals surface area (Å²) < 4.78 is 0. The van der Waals surface area contributed by atoms with Gasteiger partial charge in [0.1, 0.15) is 42.0 Å². The summed E-state index contributed by atoms with van der Waals surface area (Å²) in [5, 5.41) is 43.0. The molecule has 0 aliphatic heterocycles. The van der Waals surface area contributed by atoms with Crippen LogP contribution in [0.15, 0.2) is 54.6 Å². The number of rotatable bonds is 26. The predicted molar refractivity (Wildman–Crippen MR) is 223 cm³/mol. The lowest BCUT2D eigenvalue weighted by atomic mass is 10.0. The maximum atomic E-state index is 13.9. The number of amides is 7. The fourth-order valence-corrected chi connectivity index (χ4v) is 6.27. The number of carboxylic acid groups (broad SMARTS) is 2. The molecule has 7 atom stereocenters. The highest BCUT2D eigenvalue weighted by molar-refractivity contribution is 7.98. The van der Waals surface area contributed by atoms with Gasteiger partial charge in [0.25, 0.3) is 0 Å². The van der Waals surface area contributed by atoms with Crippen LogP contribution in [0.4, 0.5) is 0 Å². The quantitative estimate of drug-likeness (QED) is 0.0522. The Morgan fingerprint density at radius 2 is 1.07 bits per heavy atom. The average Bonchev–Trinajstić information content (AvgIpc) is 3.18. The molecule has 2 rings (SSSR count). The first-order valence-corrected chi connectivity index (χ1v) is 20.7. The van der Waals surface area contributed by atoms with Crippen LogP contribution in [0.25, 0.3) is 0 Å². The number of nitrogens with two attached hydrogens (primary N) is 2. The molecule has 20 nitrogen and oxygen atoms in total. The van der Waals surface area contributed by atoms with Crippen LogP contribution >= 0.6 is 11.8 Å². The number of aliphatic carboxylic acids is 2. The fraction of sp³-hybridized carbons (Fsp3) is 0.475. The van der Waals surface area contributed by atoms with Gasteiger partial charge in [-0.3, -0.25) is 43.2 Å². The lowest BCUT2D eigenvalue weighted by Crippen LogP contribution is -2.60. The van der Waals surface area contributed by atoms with Crippen molar-refractivity contribution in [1.29, 1.82) is 0 Å². The maximum absolute atomic E-state index is 13.9. The number of thioether (sulfide) groups is 1. The Labute approximate surface area is 357 Å². The second-order valence-electron chi connectivity index (χ2n) is 14.7. The van der Waals surface area contributed by atoms with Crippen LogP contribution in [0.2, 0.25) is 0 Å². The van der Waals surface area contributed by atoms with E-state index in [1.54, 1.807) is 62.6 Å². The molecule has 13 N–H and O–H groups in total. The number of phenols is 1. The summed E-state index contributed by atoms with van der Waals surface area (Å²) in [6.45, 7) is 4.82. The first-order chi connectivity index (χ1) is 28.7. The minimum atomic E-state index is -1.78. The molecule has 0 saturated heterocycles. The first-order valence-electron chi connectivity index (χ1n) is 19.3. The van der Waals surface area contributed by atoms with Gasteiger partial charge in [-0.25, -0.2) is 0 Å². The lowest BCUT2D eigenvalue weighted by molar-refractivity contribution is -0.142. The number of nitrogens with one attached hydrogen (secondary N) is 6. The zero-order valence-electron chi connectivity index (χ0n) is 34.3. The molecule has 7 amide bonds. The molecule has 0 fully saturated rings. The smallest absolute Gasteiger partial charge is 0.305 e. The van der Waals surface area contributed by atoms with Crippen LogP contribution in [0.1, 0.15) is 57.6 Å². The number of primary amides is 1. The molecule has 0 saturated carbocycles. The van der Waals surface area contributed by atoms with Crippen molar-refractivity contribution in [3.8, 4) is 5.75 Å². The lowest BCUT2D eigenvalue weighted by Gasteiger charge is -2.27. The van der Waals surface area contributed by atoms with Gasteiger partial charge in [-0.2, -0.15) is 11.8 Å². The van der Waals surface area contributed by atoms with Gasteiger partial charge in [0.2, 0.25) is 41.4 Å². The normalized spacial score (nSPS) is 14.4. The molecule has 61 heavy (non-hydrogen) atoms. The van der Waals surface area contributed by atoms with Crippen molar-refractivity contribution in [3.05, 3.63) is 65.7 Å². The summed E-state index contributed by atoms with van der Waals surface area (Å²) >= 11 is 1.33. The van der Waals surface area contributed by atoms with Crippen LogP contribution in [-0.4, -0.2) is 123 Å². The summed E-state index contributed by atoms with van der Waals surface area (Å²) in [6, 6.07) is 4.76. The number of benzene rings is 2. The molecule has 0 aliphatic rings. The van der Waals surface area contributed by atoms with Crippen molar-refractivity contribution in [1.82, 2.24) is 31.9 Å². The molecule has 21 heteroatoms. The summed E-state index contributed by atoms with van der Waals surface area (Å²) in [6.07, 6.45) is -0.0360. The average molecular weight is 873 g/mol. The Hall–Kier alpha value is -6.22. The van der Waals surface area contributed by atoms with Crippen LogP contribution in [0.3, 0.4) is 0 Å². The number of carboxylic acids is 2. The van der Waals surface area contributed by atoms with E-state index in [1.807, 2.05) is 0 Å². The van der Waals surface area contributed by atoms with E-state index in [1.165, 1.54) is 30.8 Å². The van der Waals surface area contributed by atoms with Gasteiger partial charge in [0.15, 0.2) is 0 Å². The summed E-state index contributed by atoms with van der Waals surface area (Å²) in [5.74, 6) is -9.20. The molecule has 0 aliphatic carbocycles. The summed E-state index contributed by atoms with van der Waals surface area (Å²) in [5.41, 5.74) is 12.5. The van der Waals surface area contributed by atoms with E-state index >= 15 is 0 Å². The van der Waals surface area contributed by atoms with Gasteiger partial charge in [-0.15, -0.1) is 0 Å². The molecule has 0 bridgehead atoms. The topological polar surface area (TPSA) is 339 Å². The number of aromatic hydroxyl groups is 1. The molecule has 0 heterocycles. The predicted octanol–water partition coefficient (Wildman–Crippen LogP) is -1.33. The van der Waals surface area contributed by atoms with Crippen LogP contribution < -0.4 is 43.4 Å². The number of carbonyl (C=O) groups is 9. The standard InChI is InChI=1S/C40H56N8O12S/c1-21(2)16-29(38(58)44-27(14-15-61-4)37(57)45-28(34(42)54)19-32(50)51)47-40(60)31(20-33(52)53)48-39(59)30(18-23-8-6-5-7-9-23)46-35(55)22(3)43-36(56)26(41)17-24-10-12-25(49)13-11-24/h5-13,21-22,26-31,49H,14-20,41H2,1-4H3,(H2,42,54)(H,43,56)(H,44,58)(H,45,57)(H,46,55)(H,47,60)(H,48,59)(H,50,51)(H,52,53)/t22-,26+,27+,28+,29+,30+,31+/m1/s1. The summed E-state index contributed by atoms with van der Waals surface area (Å²) in [7, 11) is 0. The van der Waals surface area contributed by atoms with Gasteiger partial charge < -0.3 is 58.7 Å². The zero-order chi connectivity index (χ0) is 45.8. The number of hydrogen-bond donors (Lipinski definition) is 11. The highest BCUT2D eigenvalue weighted by atomic mass is 32.2. The van der Waals surface area contributed by atoms with E-state index in [2.05, 4.69) is 31.9 Å². The number of hydrogen-bond acceptors (Lipinski definition) is 12. The Morgan fingerprint density at radius 1 is 0.590 bits per heavy atom. The van der Waals surface area contributed by atoms with Crippen LogP contribution in [-0.2, 0) is 56.0 Å². The Balaban J connectivity index is 2.29. The molecular weight excluding hydrogens is 817 g/mol. The van der Waals surface area contributed by atoms with Gasteiger partial charge >= 0.3 is 11.9 Å². The van der Waals surface area contributed by atoms with Crippen molar-refractivity contribution >= 4 is 65.1 Å². The van der Waals surface area contributed by atoms with E-state index < -0.39 is 108 Å². The van der Waals surface area contributed by atoms with E-state index in [0.717, 1.165) is 0 Å². The van der Waals surface area contributed by atoms with E-state index in [9.17, 15) is 53.4 Å². The minimum absolute atomic E-state index is 0.0139. The number of carbonyl (C=O) groups excluding carboxylic acids is 7. The highest BCUT2D eigenvalue weighted by Gasteiger charge is 2.34. The number of phenolic OH excluding ortho intramolecular Hbond substituents is 1. The Kier molecular flexibility index (Phi) is 21.2. The van der Waals surface area contributed by atoms with Gasteiger partial charge in [-0.05, 0) is 67.4 Å². The molecule has 334 valence electrons. The zero-order valence-corrected chi connectivity index (χ0v) is 35.2. The van der Waals surface area contributed by atoms with Crippen molar-refractivity contribution in [2.75, 3.05) is 12.0 Å². The molecule has 0 radical (unpaired) electrons. The van der Waals surface area contributed by atoms with Gasteiger partial charge in [0.05, 0.1) is 18.9 Å². The van der Waals surface area contributed by atoms with Crippen molar-refractivity contribution in [2.24, 2.45) is 17.4 Å². The Morgan fingerprint density at radius 3 is 1.62 bits per heavy atom. The highest BCUT2D eigenvalue weighted by Crippen LogP contribution is 2.12. The third-order valence-corrected chi connectivity index (χ3v) is 9.67. The molecule has 2 aromatic carbocycles. The van der Waals surface area contributed by atoms with Crippen molar-refractivity contribution in [2.45, 2.75) is 102 Å². The van der Waals surface area contributed by atoms with Gasteiger partial charge in [0, 0.05) is 6.42 Å². The minimum Gasteiger partial charge on any atom is -0.508 e. The Bertz CT molecular complexity index is 1850. The fourth-order valence-electron chi connectivity index (χ4n) is 5.80. The van der Waals surface area contributed by atoms with Crippen LogP contribution in [0.5, 0.6) is 5.75 Å². The van der Waals surface area contributed by atoms with Crippen molar-refractivity contribution in [3.63, 3.8) is 0 Å². The monoisotopic (exact) mass is 872 g/mol.